The number of phenols is 1. The normalized spacial score (nSPS) is 13.0. The second-order valence-corrected chi connectivity index (χ2v) is 5.98. The van der Waals surface area contributed by atoms with Gasteiger partial charge in [-0.15, -0.1) is 0 Å². The maximum atomic E-state index is 12.1. The van der Waals surface area contributed by atoms with Gasteiger partial charge in [0.15, 0.2) is 0 Å². The Morgan fingerprint density at radius 1 is 1.00 bits per heavy atom. The van der Waals surface area contributed by atoms with Gasteiger partial charge in [0, 0.05) is 17.8 Å². The predicted molar refractivity (Wildman–Crippen MR) is 93.8 cm³/mol. The van der Waals surface area contributed by atoms with Crippen molar-refractivity contribution in [3.63, 3.8) is 0 Å². The van der Waals surface area contributed by atoms with E-state index in [1.807, 2.05) is 0 Å². The van der Waals surface area contributed by atoms with Crippen molar-refractivity contribution in [1.82, 2.24) is 10.2 Å². The highest BCUT2D eigenvalue weighted by Crippen LogP contribution is 2.34. The van der Waals surface area contributed by atoms with Crippen molar-refractivity contribution in [3.05, 3.63) is 23.8 Å². The highest BCUT2D eigenvalue weighted by atomic mass is 16.4. The number of carboxylic acid groups (broad SMARTS) is 4. The van der Waals surface area contributed by atoms with E-state index in [2.05, 4.69) is 5.32 Å². The molecule has 0 aromatic heterocycles. The third-order valence-electron chi connectivity index (χ3n) is 3.91. The lowest BCUT2D eigenvalue weighted by Crippen LogP contribution is -2.53. The molecule has 0 radical (unpaired) electrons. The summed E-state index contributed by atoms with van der Waals surface area (Å²) in [6.45, 7) is -2.49. The van der Waals surface area contributed by atoms with Crippen LogP contribution in [0.15, 0.2) is 18.2 Å². The van der Waals surface area contributed by atoms with Gasteiger partial charge in [-0.3, -0.25) is 24.6 Å². The van der Waals surface area contributed by atoms with Gasteiger partial charge < -0.3 is 31.3 Å². The molecule has 12 nitrogen and oxygen atoms in total. The number of rotatable bonds is 12. The lowest BCUT2D eigenvalue weighted by molar-refractivity contribution is -0.147. The average Bonchev–Trinajstić information content (AvgIpc) is 2.56. The second-order valence-electron chi connectivity index (χ2n) is 5.98. The molecule has 8 N–H and O–H groups in total. The standard InChI is InChI=1S/C16H21N3O9/c17-9-1-2-11(20)10(5-9)16(15(27)28,18-6-12(21)22)3-4-19(7-13(23)24)8-14(25)26/h1-2,5,18,20H,3-4,6-8,17H2,(H,21,22)(H,23,24)(H,25,26)(H,27,28). The highest BCUT2D eigenvalue weighted by molar-refractivity contribution is 5.83. The Morgan fingerprint density at radius 3 is 2.04 bits per heavy atom. The number of nitrogens with one attached hydrogen (secondary N) is 1. The van der Waals surface area contributed by atoms with Gasteiger partial charge in [0.1, 0.15) is 11.3 Å². The maximum absolute atomic E-state index is 12.1. The molecule has 0 bridgehead atoms. The fraction of sp³-hybridized carbons (Fsp3) is 0.375. The molecule has 0 aliphatic rings. The number of anilines is 1. The van der Waals surface area contributed by atoms with E-state index in [1.54, 1.807) is 0 Å². The molecule has 154 valence electrons. The Kier molecular flexibility index (Phi) is 7.71. The quantitative estimate of drug-likeness (QED) is 0.163. The first-order valence-electron chi connectivity index (χ1n) is 7.93. The Hall–Kier alpha value is -3.38. The Labute approximate surface area is 158 Å². The summed E-state index contributed by atoms with van der Waals surface area (Å²) in [7, 11) is 0. The van der Waals surface area contributed by atoms with Gasteiger partial charge >= 0.3 is 23.9 Å². The molecule has 28 heavy (non-hydrogen) atoms. The van der Waals surface area contributed by atoms with Crippen LogP contribution in [-0.4, -0.2) is 80.5 Å². The number of hydrogen-bond donors (Lipinski definition) is 7. The van der Waals surface area contributed by atoms with E-state index in [9.17, 15) is 29.4 Å². The van der Waals surface area contributed by atoms with Crippen molar-refractivity contribution in [2.24, 2.45) is 0 Å². The van der Waals surface area contributed by atoms with Gasteiger partial charge in [0.05, 0.1) is 19.6 Å². The van der Waals surface area contributed by atoms with E-state index in [0.29, 0.717) is 0 Å². The first kappa shape index (κ1) is 22.7. The molecule has 1 atom stereocenters. The molecule has 0 heterocycles. The summed E-state index contributed by atoms with van der Waals surface area (Å²) in [4.78, 5) is 45.9. The monoisotopic (exact) mass is 399 g/mol. The van der Waals surface area contributed by atoms with Gasteiger partial charge in [-0.25, -0.2) is 4.79 Å². The molecule has 0 saturated heterocycles. The lowest BCUT2D eigenvalue weighted by atomic mass is 9.85. The largest absolute Gasteiger partial charge is 0.508 e. The third kappa shape index (κ3) is 6.10. The van der Waals surface area contributed by atoms with Crippen LogP contribution in [0.2, 0.25) is 0 Å². The Balaban J connectivity index is 3.33. The molecular weight excluding hydrogens is 378 g/mol. The van der Waals surface area contributed by atoms with E-state index in [0.717, 1.165) is 17.0 Å². The van der Waals surface area contributed by atoms with Crippen molar-refractivity contribution < 1.29 is 44.7 Å². The number of nitrogens with two attached hydrogens (primary N) is 1. The SMILES string of the molecule is Nc1ccc(O)c(C(CCN(CC(=O)O)CC(=O)O)(NCC(=O)O)C(=O)O)c1. The number of aromatic hydroxyl groups is 1. The summed E-state index contributed by atoms with van der Waals surface area (Å²) >= 11 is 0. The summed E-state index contributed by atoms with van der Waals surface area (Å²) < 4.78 is 0. The van der Waals surface area contributed by atoms with Gasteiger partial charge in [0.25, 0.3) is 0 Å². The van der Waals surface area contributed by atoms with Crippen LogP contribution in [0.25, 0.3) is 0 Å². The van der Waals surface area contributed by atoms with Crippen molar-refractivity contribution in [2.45, 2.75) is 12.0 Å². The zero-order valence-electron chi connectivity index (χ0n) is 14.7. The summed E-state index contributed by atoms with van der Waals surface area (Å²) in [5, 5.41) is 49.1. The minimum absolute atomic E-state index is 0.100. The van der Waals surface area contributed by atoms with E-state index in [-0.39, 0.29) is 17.8 Å². The second kappa shape index (κ2) is 9.53. The highest BCUT2D eigenvalue weighted by Gasteiger charge is 2.43. The molecule has 0 fully saturated rings. The number of aliphatic carboxylic acids is 4. The molecular formula is C16H21N3O9. The number of nitrogens with zero attached hydrogens (tertiary/aromatic N) is 1. The number of hydrogen-bond acceptors (Lipinski definition) is 8. The van der Waals surface area contributed by atoms with Crippen LogP contribution in [0, 0.1) is 0 Å². The predicted octanol–water partition coefficient (Wildman–Crippen LogP) is -1.21. The molecule has 0 spiro atoms. The zero-order chi connectivity index (χ0) is 21.5. The van der Waals surface area contributed by atoms with Crippen LogP contribution in [0.4, 0.5) is 5.69 Å². The fourth-order valence-corrected chi connectivity index (χ4v) is 2.66. The zero-order valence-corrected chi connectivity index (χ0v) is 14.7. The summed E-state index contributed by atoms with van der Waals surface area (Å²) in [6, 6.07) is 3.60. The molecule has 1 rings (SSSR count). The molecule has 1 unspecified atom stereocenters. The third-order valence-corrected chi connectivity index (χ3v) is 3.91. The van der Waals surface area contributed by atoms with Crippen LogP contribution in [0.3, 0.4) is 0 Å². The smallest absolute Gasteiger partial charge is 0.328 e. The molecule has 1 aromatic carbocycles. The molecule has 0 amide bonds. The number of benzene rings is 1. The van der Waals surface area contributed by atoms with E-state index in [4.69, 9.17) is 21.1 Å². The van der Waals surface area contributed by atoms with Crippen molar-refractivity contribution in [3.8, 4) is 5.75 Å². The Morgan fingerprint density at radius 2 is 1.57 bits per heavy atom. The Bertz CT molecular complexity index is 752. The molecule has 1 aromatic rings. The van der Waals surface area contributed by atoms with Gasteiger partial charge in [-0.05, 0) is 24.6 Å². The van der Waals surface area contributed by atoms with Gasteiger partial charge in [-0.2, -0.15) is 0 Å². The first-order chi connectivity index (χ1) is 13.0. The summed E-state index contributed by atoms with van der Waals surface area (Å²) in [5.74, 6) is -6.06. The topological polar surface area (TPSA) is 211 Å². The molecule has 12 heteroatoms. The van der Waals surface area contributed by atoms with E-state index in [1.165, 1.54) is 6.07 Å². The van der Waals surface area contributed by atoms with Crippen LogP contribution >= 0.6 is 0 Å². The molecule has 0 aliphatic heterocycles. The number of phenolic OH excluding ortho intramolecular Hbond substituents is 1. The summed E-state index contributed by atoms with van der Waals surface area (Å²) in [6.07, 6.45) is -0.451. The minimum Gasteiger partial charge on any atom is -0.508 e. The van der Waals surface area contributed by atoms with E-state index < -0.39 is 61.2 Å². The van der Waals surface area contributed by atoms with Gasteiger partial charge in [0.2, 0.25) is 0 Å². The first-order valence-corrected chi connectivity index (χ1v) is 7.93. The lowest BCUT2D eigenvalue weighted by Gasteiger charge is -2.33. The fourth-order valence-electron chi connectivity index (χ4n) is 2.66. The van der Waals surface area contributed by atoms with Crippen LogP contribution < -0.4 is 11.1 Å². The molecule has 0 aliphatic carbocycles. The van der Waals surface area contributed by atoms with Crippen LogP contribution in [0.1, 0.15) is 12.0 Å². The van der Waals surface area contributed by atoms with Crippen molar-refractivity contribution >= 4 is 29.6 Å². The van der Waals surface area contributed by atoms with Crippen molar-refractivity contribution in [2.75, 3.05) is 31.9 Å². The van der Waals surface area contributed by atoms with Crippen molar-refractivity contribution in [1.29, 1.82) is 0 Å². The summed E-state index contributed by atoms with van der Waals surface area (Å²) in [5.41, 5.74) is 3.37. The van der Waals surface area contributed by atoms with Gasteiger partial charge in [-0.1, -0.05) is 0 Å². The maximum Gasteiger partial charge on any atom is 0.328 e. The number of nitrogen functional groups attached to an aromatic ring is 1. The minimum atomic E-state index is -2.16. The average molecular weight is 399 g/mol. The molecule has 0 saturated carbocycles. The number of carboxylic acids is 4. The van der Waals surface area contributed by atoms with E-state index >= 15 is 0 Å². The van der Waals surface area contributed by atoms with Crippen LogP contribution in [0.5, 0.6) is 5.75 Å². The number of carbonyl (C=O) groups is 4. The van der Waals surface area contributed by atoms with Crippen LogP contribution in [-0.2, 0) is 24.7 Å².